The van der Waals surface area contributed by atoms with Crippen LogP contribution in [0.15, 0.2) is 64.3 Å². The van der Waals surface area contributed by atoms with Crippen molar-refractivity contribution in [2.75, 3.05) is 40.6 Å². The molecule has 0 amide bonds. The number of rotatable bonds is 8. The minimum atomic E-state index is -0.0297. The Balaban J connectivity index is 1.89. The lowest BCUT2D eigenvalue weighted by molar-refractivity contribution is 0.339. The van der Waals surface area contributed by atoms with Crippen molar-refractivity contribution in [1.82, 2.24) is 9.47 Å². The Morgan fingerprint density at radius 1 is 0.939 bits per heavy atom. The lowest BCUT2D eigenvalue weighted by atomic mass is 10.1. The number of phenols is 1. The third-order valence-electron chi connectivity index (χ3n) is 5.63. The van der Waals surface area contributed by atoms with Crippen LogP contribution in [0.3, 0.4) is 0 Å². The number of hydrogen-bond acceptors (Lipinski definition) is 6. The van der Waals surface area contributed by atoms with Gasteiger partial charge >= 0.3 is 0 Å². The number of pyridine rings is 1. The molecule has 0 aliphatic heterocycles. The molecule has 6 nitrogen and oxygen atoms in total. The lowest BCUT2D eigenvalue weighted by Crippen LogP contribution is -2.15. The number of fused-ring (bicyclic) bond motifs is 2. The molecule has 0 saturated carbocycles. The smallest absolute Gasteiger partial charge is 0.200 e. The van der Waals surface area contributed by atoms with Crippen LogP contribution in [-0.2, 0) is 6.54 Å². The van der Waals surface area contributed by atoms with Gasteiger partial charge in [0.05, 0.1) is 25.3 Å². The first-order valence-corrected chi connectivity index (χ1v) is 11.7. The van der Waals surface area contributed by atoms with E-state index in [4.69, 9.17) is 9.47 Å². The van der Waals surface area contributed by atoms with Gasteiger partial charge in [-0.3, -0.25) is 4.79 Å². The maximum atomic E-state index is 13.3. The van der Waals surface area contributed by atoms with Gasteiger partial charge in [-0.25, -0.2) is 0 Å². The van der Waals surface area contributed by atoms with Gasteiger partial charge in [0, 0.05) is 34.5 Å². The van der Waals surface area contributed by atoms with Crippen LogP contribution in [0.1, 0.15) is 5.56 Å². The zero-order valence-corrected chi connectivity index (χ0v) is 20.1. The number of para-hydroxylation sites is 1. The molecule has 1 aromatic heterocycles. The maximum Gasteiger partial charge on any atom is 0.200 e. The molecule has 0 bridgehead atoms. The summed E-state index contributed by atoms with van der Waals surface area (Å²) in [4.78, 5) is 16.5. The Bertz CT molecular complexity index is 1340. The fourth-order valence-corrected chi connectivity index (χ4v) is 4.98. The summed E-state index contributed by atoms with van der Waals surface area (Å²) >= 11 is 1.77. The molecule has 0 saturated heterocycles. The van der Waals surface area contributed by atoms with E-state index in [-0.39, 0.29) is 11.2 Å². The highest BCUT2D eigenvalue weighted by molar-refractivity contribution is 7.99. The molecule has 0 aliphatic carbocycles. The molecule has 4 aromatic rings. The van der Waals surface area contributed by atoms with Crippen LogP contribution >= 0.6 is 11.8 Å². The standard InChI is InChI=1S/C26H28N2O4S/c1-27(2)11-12-33-18-9-10-20-22(15-18)28(21-8-6-5-7-19(21)25(20)29)16-17-13-23(31-3)26(30)24(14-17)32-4/h5-10,13-15,30H,11-12,16H2,1-4H3. The Morgan fingerprint density at radius 3 is 2.27 bits per heavy atom. The number of ether oxygens (including phenoxy) is 2. The molecule has 0 unspecified atom stereocenters. The molecule has 172 valence electrons. The van der Waals surface area contributed by atoms with E-state index in [1.54, 1.807) is 23.9 Å². The predicted molar refractivity (Wildman–Crippen MR) is 135 cm³/mol. The number of aromatic hydroxyl groups is 1. The molecule has 0 aliphatic rings. The summed E-state index contributed by atoms with van der Waals surface area (Å²) in [6, 6.07) is 17.3. The van der Waals surface area contributed by atoms with Gasteiger partial charge in [0.1, 0.15) is 0 Å². The van der Waals surface area contributed by atoms with Crippen LogP contribution in [-0.4, -0.2) is 55.2 Å². The minimum absolute atomic E-state index is 0.0297. The second-order valence-electron chi connectivity index (χ2n) is 8.11. The van der Waals surface area contributed by atoms with Gasteiger partial charge < -0.3 is 24.0 Å². The Hall–Kier alpha value is -3.16. The molecule has 33 heavy (non-hydrogen) atoms. The van der Waals surface area contributed by atoms with Crippen molar-refractivity contribution in [3.05, 3.63) is 70.4 Å². The Labute approximate surface area is 197 Å². The normalized spacial score (nSPS) is 11.4. The molecule has 0 atom stereocenters. The Kier molecular flexibility index (Phi) is 6.81. The first-order valence-electron chi connectivity index (χ1n) is 10.7. The van der Waals surface area contributed by atoms with E-state index in [9.17, 15) is 9.90 Å². The molecule has 0 spiro atoms. The number of methoxy groups -OCH3 is 2. The van der Waals surface area contributed by atoms with Crippen molar-refractivity contribution in [2.45, 2.75) is 11.4 Å². The van der Waals surface area contributed by atoms with E-state index < -0.39 is 0 Å². The number of phenolic OH excluding ortho intramolecular Hbond substituents is 1. The van der Waals surface area contributed by atoms with Gasteiger partial charge in [-0.05, 0) is 62.1 Å². The van der Waals surface area contributed by atoms with E-state index in [2.05, 4.69) is 29.6 Å². The molecule has 0 radical (unpaired) electrons. The predicted octanol–water partition coefficient (Wildman–Crippen LogP) is 4.58. The number of thioether (sulfide) groups is 1. The van der Waals surface area contributed by atoms with Crippen molar-refractivity contribution in [3.8, 4) is 17.2 Å². The molecule has 1 heterocycles. The highest BCUT2D eigenvalue weighted by atomic mass is 32.2. The van der Waals surface area contributed by atoms with Gasteiger partial charge in [-0.15, -0.1) is 11.8 Å². The van der Waals surface area contributed by atoms with Crippen LogP contribution in [0.2, 0.25) is 0 Å². The van der Waals surface area contributed by atoms with E-state index in [0.717, 1.165) is 33.8 Å². The SMILES string of the molecule is COc1cc(Cn2c3ccccc3c(=O)c3ccc(SCCN(C)C)cc32)cc(OC)c1O. The molecule has 7 heteroatoms. The summed E-state index contributed by atoms with van der Waals surface area (Å²) in [7, 11) is 7.15. The summed E-state index contributed by atoms with van der Waals surface area (Å²) in [5.41, 5.74) is 2.65. The third kappa shape index (κ3) is 4.65. The van der Waals surface area contributed by atoms with Crippen molar-refractivity contribution in [3.63, 3.8) is 0 Å². The first-order chi connectivity index (χ1) is 15.9. The van der Waals surface area contributed by atoms with Crippen molar-refractivity contribution in [2.24, 2.45) is 0 Å². The second-order valence-corrected chi connectivity index (χ2v) is 9.28. The van der Waals surface area contributed by atoms with Gasteiger partial charge in [0.25, 0.3) is 0 Å². The zero-order valence-electron chi connectivity index (χ0n) is 19.3. The van der Waals surface area contributed by atoms with E-state index in [1.165, 1.54) is 14.2 Å². The van der Waals surface area contributed by atoms with Gasteiger partial charge in [0.15, 0.2) is 16.9 Å². The largest absolute Gasteiger partial charge is 0.502 e. The molecular weight excluding hydrogens is 436 g/mol. The van der Waals surface area contributed by atoms with Crippen molar-refractivity contribution >= 4 is 33.6 Å². The summed E-state index contributed by atoms with van der Waals surface area (Å²) < 4.78 is 12.8. The molecule has 0 fully saturated rings. The van der Waals surface area contributed by atoms with E-state index in [0.29, 0.717) is 28.8 Å². The van der Waals surface area contributed by atoms with Gasteiger partial charge in [0.2, 0.25) is 5.75 Å². The van der Waals surface area contributed by atoms with E-state index >= 15 is 0 Å². The highest BCUT2D eigenvalue weighted by Gasteiger charge is 2.15. The fourth-order valence-electron chi connectivity index (χ4n) is 3.93. The minimum Gasteiger partial charge on any atom is -0.502 e. The first kappa shape index (κ1) is 23.0. The monoisotopic (exact) mass is 464 g/mol. The summed E-state index contributed by atoms with van der Waals surface area (Å²) in [5, 5.41) is 11.7. The van der Waals surface area contributed by atoms with Gasteiger partial charge in [-0.1, -0.05) is 12.1 Å². The number of nitrogens with zero attached hydrogens (tertiary/aromatic N) is 2. The average Bonchev–Trinajstić information content (AvgIpc) is 2.82. The third-order valence-corrected chi connectivity index (χ3v) is 6.61. The summed E-state index contributed by atoms with van der Waals surface area (Å²) in [5.74, 6) is 1.62. The van der Waals surface area contributed by atoms with Crippen LogP contribution < -0.4 is 14.9 Å². The van der Waals surface area contributed by atoms with Crippen LogP contribution in [0, 0.1) is 0 Å². The van der Waals surface area contributed by atoms with Crippen LogP contribution in [0.4, 0.5) is 0 Å². The maximum absolute atomic E-state index is 13.3. The summed E-state index contributed by atoms with van der Waals surface area (Å²) in [6.45, 7) is 1.45. The van der Waals surface area contributed by atoms with Crippen LogP contribution in [0.25, 0.3) is 21.8 Å². The second kappa shape index (κ2) is 9.77. The topological polar surface area (TPSA) is 63.9 Å². The molecule has 1 N–H and O–H groups in total. The molecule has 3 aromatic carbocycles. The van der Waals surface area contributed by atoms with Crippen molar-refractivity contribution in [1.29, 1.82) is 0 Å². The Morgan fingerprint density at radius 2 is 1.61 bits per heavy atom. The average molecular weight is 465 g/mol. The van der Waals surface area contributed by atoms with Crippen LogP contribution in [0.5, 0.6) is 17.2 Å². The lowest BCUT2D eigenvalue weighted by Gasteiger charge is -2.18. The summed E-state index contributed by atoms with van der Waals surface area (Å²) in [6.07, 6.45) is 0. The quantitative estimate of drug-likeness (QED) is 0.304. The number of aromatic nitrogens is 1. The van der Waals surface area contributed by atoms with Crippen molar-refractivity contribution < 1.29 is 14.6 Å². The molecule has 4 rings (SSSR count). The highest BCUT2D eigenvalue weighted by Crippen LogP contribution is 2.37. The molecular formula is C26H28N2O4S. The number of hydrogen-bond donors (Lipinski definition) is 1. The van der Waals surface area contributed by atoms with Gasteiger partial charge in [-0.2, -0.15) is 0 Å². The fraction of sp³-hybridized carbons (Fsp3) is 0.269. The van der Waals surface area contributed by atoms with E-state index in [1.807, 2.05) is 36.4 Å². The zero-order chi connectivity index (χ0) is 23.5. The number of benzene rings is 3.